The molecule has 1 aliphatic rings. The van der Waals surface area contributed by atoms with Crippen molar-refractivity contribution in [1.82, 2.24) is 10.2 Å². The van der Waals surface area contributed by atoms with E-state index in [9.17, 15) is 5.11 Å². The maximum atomic E-state index is 9.98. The Kier molecular flexibility index (Phi) is 3.30. The van der Waals surface area contributed by atoms with E-state index in [1.54, 1.807) is 6.07 Å². The van der Waals surface area contributed by atoms with E-state index < -0.39 is 5.60 Å². The Hall–Kier alpha value is -0.870. The minimum Gasteiger partial charge on any atom is -0.390 e. The number of aliphatic hydroxyl groups is 1. The minimum atomic E-state index is -0.547. The summed E-state index contributed by atoms with van der Waals surface area (Å²) < 4.78 is 0. The van der Waals surface area contributed by atoms with Crippen LogP contribution < -0.4 is 4.90 Å². The molecule has 1 aromatic heterocycles. The van der Waals surface area contributed by atoms with E-state index in [-0.39, 0.29) is 0 Å². The Balaban J connectivity index is 2.08. The van der Waals surface area contributed by atoms with Crippen LogP contribution in [-0.4, -0.2) is 34.0 Å². The molecule has 16 heavy (non-hydrogen) atoms. The van der Waals surface area contributed by atoms with Crippen LogP contribution in [0, 0.1) is 0 Å². The number of nitrogens with zero attached hydrogens (tertiary/aromatic N) is 3. The Morgan fingerprint density at radius 1 is 1.31 bits per heavy atom. The zero-order valence-electron chi connectivity index (χ0n) is 9.36. The van der Waals surface area contributed by atoms with E-state index in [1.165, 1.54) is 0 Å². The van der Waals surface area contributed by atoms with Crippen molar-refractivity contribution in [2.45, 2.75) is 31.8 Å². The lowest BCUT2D eigenvalue weighted by molar-refractivity contribution is 0.0481. The third-order valence-electron chi connectivity index (χ3n) is 3.01. The first-order valence-corrected chi connectivity index (χ1v) is 5.91. The van der Waals surface area contributed by atoms with Gasteiger partial charge in [-0.25, -0.2) is 0 Å². The van der Waals surface area contributed by atoms with Gasteiger partial charge in [0.25, 0.3) is 0 Å². The third kappa shape index (κ3) is 2.83. The molecule has 4 nitrogen and oxygen atoms in total. The van der Waals surface area contributed by atoms with Crippen LogP contribution in [0.25, 0.3) is 0 Å². The Labute approximate surface area is 100 Å². The largest absolute Gasteiger partial charge is 0.390 e. The highest BCUT2D eigenvalue weighted by Gasteiger charge is 2.25. The van der Waals surface area contributed by atoms with Crippen LogP contribution >= 0.6 is 11.6 Å². The lowest BCUT2D eigenvalue weighted by atomic mass is 9.98. The summed E-state index contributed by atoms with van der Waals surface area (Å²) >= 11 is 5.70. The molecule has 1 atom stereocenters. The zero-order valence-corrected chi connectivity index (χ0v) is 10.1. The molecule has 1 unspecified atom stereocenters. The van der Waals surface area contributed by atoms with Crippen LogP contribution in [0.2, 0.25) is 5.15 Å². The van der Waals surface area contributed by atoms with Gasteiger partial charge >= 0.3 is 0 Å². The Morgan fingerprint density at radius 3 is 2.81 bits per heavy atom. The average Bonchev–Trinajstić information content (AvgIpc) is 2.41. The van der Waals surface area contributed by atoms with Gasteiger partial charge in [0.15, 0.2) is 11.0 Å². The molecule has 1 fully saturated rings. The monoisotopic (exact) mass is 241 g/mol. The Bertz CT molecular complexity index is 353. The van der Waals surface area contributed by atoms with Crippen LogP contribution in [-0.2, 0) is 0 Å². The summed E-state index contributed by atoms with van der Waals surface area (Å²) in [5.74, 6) is 0.835. The van der Waals surface area contributed by atoms with Gasteiger partial charge in [0.2, 0.25) is 0 Å². The molecule has 1 aromatic rings. The summed E-state index contributed by atoms with van der Waals surface area (Å²) in [6.07, 6.45) is 2.57. The van der Waals surface area contributed by atoms with E-state index in [0.29, 0.717) is 5.15 Å². The van der Waals surface area contributed by atoms with Gasteiger partial charge in [0.05, 0.1) is 5.60 Å². The van der Waals surface area contributed by atoms with Gasteiger partial charge in [0.1, 0.15) is 0 Å². The fraction of sp³-hybridized carbons (Fsp3) is 0.636. The number of halogens is 1. The van der Waals surface area contributed by atoms with Crippen LogP contribution in [0.3, 0.4) is 0 Å². The van der Waals surface area contributed by atoms with Gasteiger partial charge in [-0.05, 0) is 38.3 Å². The molecular weight excluding hydrogens is 226 g/mol. The summed E-state index contributed by atoms with van der Waals surface area (Å²) in [6.45, 7) is 3.61. The van der Waals surface area contributed by atoms with Gasteiger partial charge in [-0.3, -0.25) is 0 Å². The number of rotatable bonds is 1. The molecular formula is C11H16ClN3O. The lowest BCUT2D eigenvalue weighted by Crippen LogP contribution is -2.28. The summed E-state index contributed by atoms with van der Waals surface area (Å²) in [5.41, 5.74) is -0.547. The zero-order chi connectivity index (χ0) is 11.6. The molecule has 0 spiro atoms. The van der Waals surface area contributed by atoms with Crippen molar-refractivity contribution in [3.63, 3.8) is 0 Å². The van der Waals surface area contributed by atoms with Crippen molar-refractivity contribution in [3.8, 4) is 0 Å². The molecule has 2 heterocycles. The van der Waals surface area contributed by atoms with Crippen LogP contribution in [0.1, 0.15) is 26.2 Å². The number of aromatic nitrogens is 2. The maximum Gasteiger partial charge on any atom is 0.151 e. The van der Waals surface area contributed by atoms with Crippen LogP contribution in [0.4, 0.5) is 5.82 Å². The van der Waals surface area contributed by atoms with Crippen LogP contribution in [0.5, 0.6) is 0 Å². The van der Waals surface area contributed by atoms with E-state index >= 15 is 0 Å². The second-order valence-corrected chi connectivity index (χ2v) is 4.94. The quantitative estimate of drug-likeness (QED) is 0.816. The molecule has 0 aliphatic carbocycles. The number of anilines is 1. The topological polar surface area (TPSA) is 49.2 Å². The van der Waals surface area contributed by atoms with Crippen molar-refractivity contribution >= 4 is 17.4 Å². The van der Waals surface area contributed by atoms with E-state index in [0.717, 1.165) is 38.2 Å². The molecule has 1 aliphatic heterocycles. The normalized spacial score (nSPS) is 26.6. The molecule has 1 saturated heterocycles. The number of hydrogen-bond acceptors (Lipinski definition) is 4. The maximum absolute atomic E-state index is 9.98. The van der Waals surface area contributed by atoms with Gasteiger partial charge in [-0.2, -0.15) is 0 Å². The van der Waals surface area contributed by atoms with Gasteiger partial charge in [0, 0.05) is 13.1 Å². The van der Waals surface area contributed by atoms with Crippen LogP contribution in [0.15, 0.2) is 12.1 Å². The smallest absolute Gasteiger partial charge is 0.151 e. The Morgan fingerprint density at radius 2 is 2.12 bits per heavy atom. The molecule has 0 aromatic carbocycles. The SMILES string of the molecule is CC1(O)CCCN(c2ccc(Cl)nn2)CC1. The second kappa shape index (κ2) is 4.55. The fourth-order valence-corrected chi connectivity index (χ4v) is 2.07. The first-order chi connectivity index (χ1) is 7.57. The molecule has 0 radical (unpaired) electrons. The highest BCUT2D eigenvalue weighted by Crippen LogP contribution is 2.24. The molecule has 0 saturated carbocycles. The van der Waals surface area contributed by atoms with Gasteiger partial charge in [-0.1, -0.05) is 11.6 Å². The van der Waals surface area contributed by atoms with Crippen molar-refractivity contribution in [2.75, 3.05) is 18.0 Å². The first kappa shape index (κ1) is 11.6. The standard InChI is InChI=1S/C11H16ClN3O/c1-11(16)5-2-7-15(8-6-11)10-4-3-9(12)13-14-10/h3-4,16H,2,5-8H2,1H3. The first-order valence-electron chi connectivity index (χ1n) is 5.53. The lowest BCUT2D eigenvalue weighted by Gasteiger charge is -2.22. The van der Waals surface area contributed by atoms with E-state index in [1.807, 2.05) is 13.0 Å². The predicted molar refractivity (Wildman–Crippen MR) is 63.7 cm³/mol. The fourth-order valence-electron chi connectivity index (χ4n) is 1.97. The third-order valence-corrected chi connectivity index (χ3v) is 3.21. The highest BCUT2D eigenvalue weighted by atomic mass is 35.5. The van der Waals surface area contributed by atoms with Crippen molar-refractivity contribution in [3.05, 3.63) is 17.3 Å². The molecule has 0 amide bonds. The summed E-state index contributed by atoms with van der Waals surface area (Å²) in [5, 5.41) is 18.3. The molecule has 88 valence electrons. The van der Waals surface area contributed by atoms with E-state index in [4.69, 9.17) is 11.6 Å². The molecule has 0 bridgehead atoms. The molecule has 5 heteroatoms. The van der Waals surface area contributed by atoms with Crippen molar-refractivity contribution < 1.29 is 5.11 Å². The van der Waals surface area contributed by atoms with Crippen molar-refractivity contribution in [1.29, 1.82) is 0 Å². The highest BCUT2D eigenvalue weighted by molar-refractivity contribution is 6.29. The van der Waals surface area contributed by atoms with E-state index in [2.05, 4.69) is 15.1 Å². The average molecular weight is 242 g/mol. The minimum absolute atomic E-state index is 0.408. The van der Waals surface area contributed by atoms with Gasteiger partial charge in [-0.15, -0.1) is 10.2 Å². The summed E-state index contributed by atoms with van der Waals surface area (Å²) in [7, 11) is 0. The number of hydrogen-bond donors (Lipinski definition) is 1. The molecule has 2 rings (SSSR count). The van der Waals surface area contributed by atoms with Gasteiger partial charge < -0.3 is 10.0 Å². The summed E-state index contributed by atoms with van der Waals surface area (Å²) in [4.78, 5) is 2.14. The predicted octanol–water partition coefficient (Wildman–Crippen LogP) is 1.87. The molecule has 1 N–H and O–H groups in total. The second-order valence-electron chi connectivity index (χ2n) is 4.55. The summed E-state index contributed by atoms with van der Waals surface area (Å²) in [6, 6.07) is 3.61. The van der Waals surface area contributed by atoms with Crippen molar-refractivity contribution in [2.24, 2.45) is 0 Å².